The van der Waals surface area contributed by atoms with Gasteiger partial charge in [0.25, 0.3) is 0 Å². The molecule has 70 valence electrons. The van der Waals surface area contributed by atoms with E-state index >= 15 is 0 Å². The Balaban J connectivity index is 2.64. The highest BCUT2D eigenvalue weighted by Crippen LogP contribution is 2.04. The first-order chi connectivity index (χ1) is 6.22. The largest absolute Gasteiger partial charge is 0.550 e. The van der Waals surface area contributed by atoms with Gasteiger partial charge >= 0.3 is 0 Å². The van der Waals surface area contributed by atoms with E-state index in [0.717, 1.165) is 17.5 Å². The van der Waals surface area contributed by atoms with Crippen molar-refractivity contribution in [3.63, 3.8) is 0 Å². The van der Waals surface area contributed by atoms with Crippen molar-refractivity contribution in [2.45, 2.75) is 12.8 Å². The molecular weight excluding hydrogens is 166 g/mol. The average molecular weight is 178 g/mol. The van der Waals surface area contributed by atoms with E-state index in [9.17, 15) is 9.90 Å². The zero-order valence-corrected chi connectivity index (χ0v) is 7.32. The first-order valence-electron chi connectivity index (χ1n) is 4.20. The van der Waals surface area contributed by atoms with E-state index in [0.29, 0.717) is 6.54 Å². The van der Waals surface area contributed by atoms with Crippen LogP contribution in [0.1, 0.15) is 11.1 Å². The summed E-state index contributed by atoms with van der Waals surface area (Å²) in [6.07, 6.45) is 0.800. The first kappa shape index (κ1) is 9.74. The van der Waals surface area contributed by atoms with E-state index in [-0.39, 0.29) is 6.42 Å². The molecule has 1 aromatic rings. The summed E-state index contributed by atoms with van der Waals surface area (Å²) in [5.41, 5.74) is 7.27. The molecule has 0 heterocycles. The first-order valence-corrected chi connectivity index (χ1v) is 4.20. The zero-order valence-electron chi connectivity index (χ0n) is 7.32. The van der Waals surface area contributed by atoms with Crippen molar-refractivity contribution in [1.82, 2.24) is 0 Å². The van der Waals surface area contributed by atoms with E-state index in [2.05, 4.69) is 0 Å². The third-order valence-electron chi connectivity index (χ3n) is 1.80. The Bertz CT molecular complexity index is 279. The van der Waals surface area contributed by atoms with Gasteiger partial charge in [0.15, 0.2) is 0 Å². The molecule has 0 aliphatic heterocycles. The van der Waals surface area contributed by atoms with Crippen molar-refractivity contribution >= 4 is 5.97 Å². The molecule has 1 rings (SSSR count). The monoisotopic (exact) mass is 178 g/mol. The minimum absolute atomic E-state index is 0.0249. The molecule has 0 aliphatic rings. The van der Waals surface area contributed by atoms with E-state index in [4.69, 9.17) is 5.73 Å². The van der Waals surface area contributed by atoms with Crippen molar-refractivity contribution in [3.05, 3.63) is 35.4 Å². The molecule has 13 heavy (non-hydrogen) atoms. The number of carboxylic acids is 1. The van der Waals surface area contributed by atoms with Crippen LogP contribution in [0.25, 0.3) is 0 Å². The van der Waals surface area contributed by atoms with Crippen LogP contribution in [0, 0.1) is 0 Å². The predicted octanol–water partition coefficient (Wildman–Crippen LogP) is -0.520. The Hall–Kier alpha value is -1.35. The number of hydrogen-bond donors (Lipinski definition) is 1. The van der Waals surface area contributed by atoms with Crippen molar-refractivity contribution in [1.29, 1.82) is 0 Å². The second kappa shape index (κ2) is 4.62. The summed E-state index contributed by atoms with van der Waals surface area (Å²) in [5, 5.41) is 10.2. The van der Waals surface area contributed by atoms with Crippen molar-refractivity contribution in [2.24, 2.45) is 5.73 Å². The van der Waals surface area contributed by atoms with Gasteiger partial charge in [-0.15, -0.1) is 0 Å². The molecule has 0 aliphatic carbocycles. The van der Waals surface area contributed by atoms with Gasteiger partial charge in [0.2, 0.25) is 0 Å². The molecule has 3 heteroatoms. The molecule has 0 aromatic heterocycles. The molecule has 3 nitrogen and oxygen atoms in total. The summed E-state index contributed by atoms with van der Waals surface area (Å²) >= 11 is 0. The van der Waals surface area contributed by atoms with Crippen LogP contribution in [0.5, 0.6) is 0 Å². The predicted molar refractivity (Wildman–Crippen MR) is 47.9 cm³/mol. The van der Waals surface area contributed by atoms with Crippen molar-refractivity contribution in [3.8, 4) is 0 Å². The van der Waals surface area contributed by atoms with Crippen LogP contribution in [0.15, 0.2) is 24.3 Å². The van der Waals surface area contributed by atoms with Crippen molar-refractivity contribution < 1.29 is 9.90 Å². The average Bonchev–Trinajstić information content (AvgIpc) is 2.08. The van der Waals surface area contributed by atoms with Crippen molar-refractivity contribution in [2.75, 3.05) is 6.54 Å². The zero-order chi connectivity index (χ0) is 9.68. The molecular formula is C10H12NO2-. The van der Waals surface area contributed by atoms with E-state index in [1.54, 1.807) is 12.1 Å². The maximum atomic E-state index is 10.2. The Labute approximate surface area is 77.2 Å². The van der Waals surface area contributed by atoms with Gasteiger partial charge in [0.1, 0.15) is 0 Å². The van der Waals surface area contributed by atoms with Gasteiger partial charge < -0.3 is 15.6 Å². The number of carboxylic acid groups (broad SMARTS) is 1. The highest BCUT2D eigenvalue weighted by molar-refractivity contribution is 5.67. The summed E-state index contributed by atoms with van der Waals surface area (Å²) in [4.78, 5) is 10.2. The van der Waals surface area contributed by atoms with E-state index in [1.807, 2.05) is 12.1 Å². The Kier molecular flexibility index (Phi) is 3.46. The number of rotatable bonds is 4. The van der Waals surface area contributed by atoms with Gasteiger partial charge in [0.05, 0.1) is 0 Å². The molecule has 0 atom stereocenters. The topological polar surface area (TPSA) is 66.2 Å². The fourth-order valence-electron chi connectivity index (χ4n) is 1.16. The van der Waals surface area contributed by atoms with E-state index in [1.165, 1.54) is 0 Å². The molecule has 0 amide bonds. The number of hydrogen-bond acceptors (Lipinski definition) is 3. The highest BCUT2D eigenvalue weighted by Gasteiger charge is 1.94. The number of benzene rings is 1. The molecule has 0 radical (unpaired) electrons. The molecule has 0 saturated carbocycles. The highest BCUT2D eigenvalue weighted by atomic mass is 16.4. The third kappa shape index (κ3) is 3.25. The Morgan fingerprint density at radius 1 is 1.23 bits per heavy atom. The second-order valence-corrected chi connectivity index (χ2v) is 2.90. The van der Waals surface area contributed by atoms with Gasteiger partial charge in [-0.1, -0.05) is 24.3 Å². The van der Waals surface area contributed by atoms with Crippen LogP contribution in [-0.4, -0.2) is 12.5 Å². The van der Waals surface area contributed by atoms with Gasteiger partial charge in [-0.3, -0.25) is 0 Å². The lowest BCUT2D eigenvalue weighted by Gasteiger charge is -2.03. The number of carbonyl (C=O) groups is 1. The van der Waals surface area contributed by atoms with Crippen LogP contribution in [0.4, 0.5) is 0 Å². The minimum Gasteiger partial charge on any atom is -0.550 e. The fraction of sp³-hybridized carbons (Fsp3) is 0.300. The lowest BCUT2D eigenvalue weighted by atomic mass is 10.1. The summed E-state index contributed by atoms with van der Waals surface area (Å²) in [6, 6.07) is 7.37. The van der Waals surface area contributed by atoms with Gasteiger partial charge in [0, 0.05) is 12.4 Å². The maximum absolute atomic E-state index is 10.2. The van der Waals surface area contributed by atoms with Crippen LogP contribution >= 0.6 is 0 Å². The number of carbonyl (C=O) groups excluding carboxylic acids is 1. The Morgan fingerprint density at radius 2 is 1.77 bits per heavy atom. The van der Waals surface area contributed by atoms with E-state index < -0.39 is 5.97 Å². The molecule has 0 saturated heterocycles. The minimum atomic E-state index is -1.05. The second-order valence-electron chi connectivity index (χ2n) is 2.90. The number of nitrogens with two attached hydrogens (primary N) is 1. The normalized spacial score (nSPS) is 9.92. The SMILES string of the molecule is NCCc1ccc(CC(=O)[O-])cc1. The summed E-state index contributed by atoms with van der Waals surface area (Å²) in [6.45, 7) is 0.611. The smallest absolute Gasteiger partial charge is 0.0458 e. The summed E-state index contributed by atoms with van der Waals surface area (Å²) < 4.78 is 0. The third-order valence-corrected chi connectivity index (χ3v) is 1.80. The molecule has 0 spiro atoms. The van der Waals surface area contributed by atoms with Gasteiger partial charge in [-0.05, 0) is 24.1 Å². The van der Waals surface area contributed by atoms with Crippen LogP contribution < -0.4 is 10.8 Å². The van der Waals surface area contributed by atoms with Gasteiger partial charge in [-0.25, -0.2) is 0 Å². The number of aliphatic carboxylic acids is 1. The summed E-state index contributed by atoms with van der Waals surface area (Å²) in [7, 11) is 0. The van der Waals surface area contributed by atoms with Crippen LogP contribution in [0.3, 0.4) is 0 Å². The van der Waals surface area contributed by atoms with Gasteiger partial charge in [-0.2, -0.15) is 0 Å². The summed E-state index contributed by atoms with van der Waals surface area (Å²) in [5.74, 6) is -1.05. The molecule has 0 unspecified atom stereocenters. The van der Waals surface area contributed by atoms with Crippen LogP contribution in [-0.2, 0) is 17.6 Å². The lowest BCUT2D eigenvalue weighted by molar-refractivity contribution is -0.304. The molecule has 1 aromatic carbocycles. The maximum Gasteiger partial charge on any atom is 0.0458 e. The molecule has 0 bridgehead atoms. The quantitative estimate of drug-likeness (QED) is 0.674. The molecule has 0 fully saturated rings. The standard InChI is InChI=1S/C10H13NO2/c11-6-5-8-1-3-9(4-2-8)7-10(12)13/h1-4H,5-7,11H2,(H,12,13)/p-1. The lowest BCUT2D eigenvalue weighted by Crippen LogP contribution is -2.24. The fourth-order valence-corrected chi connectivity index (χ4v) is 1.16. The molecule has 2 N–H and O–H groups in total. The van der Waals surface area contributed by atoms with Crippen LogP contribution in [0.2, 0.25) is 0 Å². The Morgan fingerprint density at radius 3 is 2.23 bits per heavy atom.